The number of ketones is 1. The van der Waals surface area contributed by atoms with Crippen LogP contribution < -0.4 is 10.4 Å². The highest BCUT2D eigenvalue weighted by molar-refractivity contribution is 6.31. The van der Waals surface area contributed by atoms with Crippen molar-refractivity contribution < 1.29 is 19.5 Å². The molecule has 1 N–H and O–H groups in total. The van der Waals surface area contributed by atoms with Crippen LogP contribution >= 0.6 is 11.6 Å². The van der Waals surface area contributed by atoms with E-state index in [0.717, 1.165) is 0 Å². The molecule has 6 heteroatoms. The topological polar surface area (TPSA) is 86.3 Å². The monoisotopic (exact) mass is 382 g/mol. The maximum absolute atomic E-state index is 12.8. The van der Waals surface area contributed by atoms with Crippen molar-refractivity contribution in [2.75, 3.05) is 5.32 Å². The summed E-state index contributed by atoms with van der Waals surface area (Å²) in [6.45, 7) is 0. The number of benzene rings is 2. The SMILES string of the molecule is O=C(c1ccccc1)c1cc(Cl)ccc1NC(=O)[C@@H]1CC=CC[C@H]1C(=O)[O-]. The Kier molecular flexibility index (Phi) is 5.72. The van der Waals surface area contributed by atoms with Gasteiger partial charge in [-0.2, -0.15) is 0 Å². The average Bonchev–Trinajstić information content (AvgIpc) is 2.69. The van der Waals surface area contributed by atoms with Crippen LogP contribution in [0.4, 0.5) is 5.69 Å². The maximum Gasteiger partial charge on any atom is 0.228 e. The molecular weight excluding hydrogens is 366 g/mol. The predicted molar refractivity (Wildman–Crippen MR) is 100 cm³/mol. The summed E-state index contributed by atoms with van der Waals surface area (Å²) in [6.07, 6.45) is 4.06. The van der Waals surface area contributed by atoms with Crippen molar-refractivity contribution in [3.05, 3.63) is 76.8 Å². The summed E-state index contributed by atoms with van der Waals surface area (Å²) in [4.78, 5) is 36.9. The molecule has 138 valence electrons. The molecule has 0 saturated carbocycles. The fourth-order valence-electron chi connectivity index (χ4n) is 3.15. The number of anilines is 1. The van der Waals surface area contributed by atoms with Crippen molar-refractivity contribution in [1.29, 1.82) is 0 Å². The number of hydrogen-bond acceptors (Lipinski definition) is 4. The third kappa shape index (κ3) is 4.26. The van der Waals surface area contributed by atoms with E-state index in [0.29, 0.717) is 22.7 Å². The minimum absolute atomic E-state index is 0.247. The second kappa shape index (κ2) is 8.18. The molecule has 2 aromatic rings. The molecule has 5 nitrogen and oxygen atoms in total. The van der Waals surface area contributed by atoms with E-state index in [1.165, 1.54) is 6.07 Å². The van der Waals surface area contributed by atoms with Gasteiger partial charge >= 0.3 is 0 Å². The van der Waals surface area contributed by atoms with Crippen LogP contribution in [0, 0.1) is 11.8 Å². The molecule has 0 radical (unpaired) electrons. The molecule has 0 heterocycles. The number of nitrogens with one attached hydrogen (secondary N) is 1. The van der Waals surface area contributed by atoms with Gasteiger partial charge in [0, 0.05) is 28.0 Å². The lowest BCUT2D eigenvalue weighted by Gasteiger charge is -2.28. The molecule has 2 aromatic carbocycles. The first kappa shape index (κ1) is 18.9. The van der Waals surface area contributed by atoms with Crippen molar-refractivity contribution in [2.24, 2.45) is 11.8 Å². The van der Waals surface area contributed by atoms with E-state index >= 15 is 0 Å². The fourth-order valence-corrected chi connectivity index (χ4v) is 3.32. The largest absolute Gasteiger partial charge is 0.550 e. The first-order valence-electron chi connectivity index (χ1n) is 8.53. The number of allylic oxidation sites excluding steroid dienone is 2. The summed E-state index contributed by atoms with van der Waals surface area (Å²) in [6, 6.07) is 13.2. The summed E-state index contributed by atoms with van der Waals surface area (Å²) >= 11 is 6.04. The Hall–Kier alpha value is -2.92. The van der Waals surface area contributed by atoms with Gasteiger partial charge in [-0.3, -0.25) is 9.59 Å². The van der Waals surface area contributed by atoms with Crippen molar-refractivity contribution in [1.82, 2.24) is 0 Å². The van der Waals surface area contributed by atoms with E-state index in [1.54, 1.807) is 54.6 Å². The van der Waals surface area contributed by atoms with Gasteiger partial charge in [0.1, 0.15) is 0 Å². The molecule has 3 rings (SSSR count). The highest BCUT2D eigenvalue weighted by Crippen LogP contribution is 2.29. The zero-order valence-electron chi connectivity index (χ0n) is 14.4. The van der Waals surface area contributed by atoms with Crippen LogP contribution in [0.25, 0.3) is 0 Å². The Balaban J connectivity index is 1.89. The zero-order valence-corrected chi connectivity index (χ0v) is 15.1. The van der Waals surface area contributed by atoms with E-state index in [2.05, 4.69) is 5.32 Å². The van der Waals surface area contributed by atoms with Gasteiger partial charge < -0.3 is 15.2 Å². The van der Waals surface area contributed by atoms with Gasteiger partial charge in [0.05, 0.1) is 11.6 Å². The van der Waals surface area contributed by atoms with E-state index in [9.17, 15) is 19.5 Å². The molecule has 0 bridgehead atoms. The molecule has 0 saturated heterocycles. The number of carboxylic acids is 1. The summed E-state index contributed by atoms with van der Waals surface area (Å²) in [7, 11) is 0. The second-order valence-corrected chi connectivity index (χ2v) is 6.79. The molecule has 1 aliphatic rings. The Morgan fingerprint density at radius 1 is 0.963 bits per heavy atom. The van der Waals surface area contributed by atoms with Gasteiger partial charge in [-0.25, -0.2) is 0 Å². The summed E-state index contributed by atoms with van der Waals surface area (Å²) in [5.41, 5.74) is 1.01. The van der Waals surface area contributed by atoms with Gasteiger partial charge in [-0.1, -0.05) is 54.1 Å². The van der Waals surface area contributed by atoms with E-state index in [-0.39, 0.29) is 17.8 Å². The molecule has 0 unspecified atom stereocenters. The molecule has 2 atom stereocenters. The van der Waals surface area contributed by atoms with Gasteiger partial charge in [0.2, 0.25) is 5.91 Å². The normalized spacial score (nSPS) is 18.7. The number of amides is 1. The molecule has 1 aliphatic carbocycles. The Labute approximate surface area is 161 Å². The number of halogens is 1. The fraction of sp³-hybridized carbons (Fsp3) is 0.190. The van der Waals surface area contributed by atoms with Crippen LogP contribution in [0.1, 0.15) is 28.8 Å². The minimum atomic E-state index is -1.25. The summed E-state index contributed by atoms with van der Waals surface area (Å²) < 4.78 is 0. The second-order valence-electron chi connectivity index (χ2n) is 6.35. The summed E-state index contributed by atoms with van der Waals surface area (Å²) in [5, 5.41) is 14.4. The molecule has 0 spiro atoms. The number of carbonyl (C=O) groups excluding carboxylic acids is 3. The number of hydrogen-bond donors (Lipinski definition) is 1. The number of carboxylic acid groups (broad SMARTS) is 1. The molecule has 1 amide bonds. The lowest BCUT2D eigenvalue weighted by atomic mass is 9.82. The highest BCUT2D eigenvalue weighted by atomic mass is 35.5. The van der Waals surface area contributed by atoms with E-state index < -0.39 is 23.7 Å². The zero-order chi connectivity index (χ0) is 19.4. The molecular formula is C21H17ClNO4-. The standard InChI is InChI=1S/C21H18ClNO4/c22-14-10-11-18(17(12-14)19(24)13-6-2-1-3-7-13)23-20(25)15-8-4-5-9-16(15)21(26)27/h1-7,10-12,15-16H,8-9H2,(H,23,25)(H,26,27)/p-1/t15-,16-/m1/s1. The molecule has 0 aromatic heterocycles. The molecule has 0 fully saturated rings. The van der Waals surface area contributed by atoms with Crippen LogP contribution in [0.3, 0.4) is 0 Å². The third-order valence-electron chi connectivity index (χ3n) is 4.59. The highest BCUT2D eigenvalue weighted by Gasteiger charge is 2.30. The average molecular weight is 383 g/mol. The number of aliphatic carboxylic acids is 1. The van der Waals surface area contributed by atoms with Crippen molar-refractivity contribution in [2.45, 2.75) is 12.8 Å². The maximum atomic E-state index is 12.8. The Morgan fingerprint density at radius 2 is 1.63 bits per heavy atom. The minimum Gasteiger partial charge on any atom is -0.550 e. The van der Waals surface area contributed by atoms with Crippen LogP contribution in [0.15, 0.2) is 60.7 Å². The van der Waals surface area contributed by atoms with Crippen LogP contribution in [0.5, 0.6) is 0 Å². The van der Waals surface area contributed by atoms with E-state index in [4.69, 9.17) is 11.6 Å². The summed E-state index contributed by atoms with van der Waals surface area (Å²) in [5.74, 6) is -3.64. The Morgan fingerprint density at radius 3 is 2.30 bits per heavy atom. The lowest BCUT2D eigenvalue weighted by Crippen LogP contribution is -2.41. The van der Waals surface area contributed by atoms with Gasteiger partial charge in [0.15, 0.2) is 5.78 Å². The number of rotatable bonds is 5. The first-order valence-corrected chi connectivity index (χ1v) is 8.91. The van der Waals surface area contributed by atoms with Crippen molar-refractivity contribution in [3.8, 4) is 0 Å². The molecule has 27 heavy (non-hydrogen) atoms. The third-order valence-corrected chi connectivity index (χ3v) is 4.83. The van der Waals surface area contributed by atoms with Crippen LogP contribution in [-0.2, 0) is 9.59 Å². The Bertz CT molecular complexity index is 908. The van der Waals surface area contributed by atoms with E-state index in [1.807, 2.05) is 0 Å². The van der Waals surface area contributed by atoms with Crippen LogP contribution in [0.2, 0.25) is 5.02 Å². The lowest BCUT2D eigenvalue weighted by molar-refractivity contribution is -0.313. The molecule has 0 aliphatic heterocycles. The van der Waals surface area contributed by atoms with Gasteiger partial charge in [-0.15, -0.1) is 0 Å². The smallest absolute Gasteiger partial charge is 0.228 e. The first-order chi connectivity index (χ1) is 13.0. The van der Waals surface area contributed by atoms with Gasteiger partial charge in [0.25, 0.3) is 0 Å². The number of carbonyl (C=O) groups is 3. The quantitative estimate of drug-likeness (QED) is 0.636. The predicted octanol–water partition coefficient (Wildman–Crippen LogP) is 2.84. The van der Waals surface area contributed by atoms with Crippen LogP contribution in [-0.4, -0.2) is 17.7 Å². The van der Waals surface area contributed by atoms with Gasteiger partial charge in [-0.05, 0) is 31.0 Å². The van der Waals surface area contributed by atoms with Crippen molar-refractivity contribution in [3.63, 3.8) is 0 Å². The van der Waals surface area contributed by atoms with Crippen molar-refractivity contribution >= 4 is 34.9 Å².